The highest BCUT2D eigenvalue weighted by Crippen LogP contribution is 2.06. The van der Waals surface area contributed by atoms with Gasteiger partial charge in [-0.05, 0) is 19.8 Å². The molecule has 0 fully saturated rings. The first-order valence-electron chi connectivity index (χ1n) is 5.46. The summed E-state index contributed by atoms with van der Waals surface area (Å²) in [7, 11) is 0. The second-order valence-electron chi connectivity index (χ2n) is 3.55. The standard InChI is InChI=1S/C10H19N5/c1-4-6-11-10-14-9(7-12-15-10)13-8(3)5-2/h7-8H,4-6H2,1-3H3,(H2,11,13,14,15). The fourth-order valence-electron chi connectivity index (χ4n) is 1.04. The van der Waals surface area contributed by atoms with E-state index in [2.05, 4.69) is 46.6 Å². The molecule has 0 saturated carbocycles. The highest BCUT2D eigenvalue weighted by Gasteiger charge is 2.02. The smallest absolute Gasteiger partial charge is 0.244 e. The lowest BCUT2D eigenvalue weighted by atomic mass is 10.3. The summed E-state index contributed by atoms with van der Waals surface area (Å²) in [5.74, 6) is 1.36. The zero-order chi connectivity index (χ0) is 11.1. The van der Waals surface area contributed by atoms with Crippen LogP contribution in [0.15, 0.2) is 6.20 Å². The number of nitrogens with one attached hydrogen (secondary N) is 2. The van der Waals surface area contributed by atoms with E-state index in [1.807, 2.05) is 0 Å². The summed E-state index contributed by atoms with van der Waals surface area (Å²) in [5, 5.41) is 14.1. The molecule has 1 heterocycles. The molecule has 1 rings (SSSR count). The zero-order valence-electron chi connectivity index (χ0n) is 9.62. The van der Waals surface area contributed by atoms with Crippen LogP contribution < -0.4 is 10.6 Å². The van der Waals surface area contributed by atoms with E-state index in [0.29, 0.717) is 12.0 Å². The molecule has 84 valence electrons. The Labute approximate surface area is 90.7 Å². The molecular formula is C10H19N5. The number of aromatic nitrogens is 3. The monoisotopic (exact) mass is 209 g/mol. The van der Waals surface area contributed by atoms with Crippen LogP contribution in [0.2, 0.25) is 0 Å². The van der Waals surface area contributed by atoms with Crippen molar-refractivity contribution in [2.45, 2.75) is 39.7 Å². The molecule has 0 radical (unpaired) electrons. The van der Waals surface area contributed by atoms with Gasteiger partial charge in [0.05, 0.1) is 6.20 Å². The Hall–Kier alpha value is -1.39. The maximum Gasteiger partial charge on any atom is 0.244 e. The predicted octanol–water partition coefficient (Wildman–Crippen LogP) is 1.90. The molecule has 15 heavy (non-hydrogen) atoms. The highest BCUT2D eigenvalue weighted by molar-refractivity contribution is 5.37. The summed E-state index contributed by atoms with van der Waals surface area (Å²) < 4.78 is 0. The molecule has 0 aliphatic carbocycles. The summed E-state index contributed by atoms with van der Waals surface area (Å²) in [6.07, 6.45) is 3.75. The van der Waals surface area contributed by atoms with E-state index in [-0.39, 0.29) is 0 Å². The first kappa shape index (κ1) is 11.7. The summed E-state index contributed by atoms with van der Waals surface area (Å²) >= 11 is 0. The van der Waals surface area contributed by atoms with E-state index in [1.54, 1.807) is 6.20 Å². The average Bonchev–Trinajstić information content (AvgIpc) is 2.26. The number of hydrogen-bond donors (Lipinski definition) is 2. The van der Waals surface area contributed by atoms with Crippen LogP contribution in [-0.2, 0) is 0 Å². The van der Waals surface area contributed by atoms with Gasteiger partial charge >= 0.3 is 0 Å². The van der Waals surface area contributed by atoms with Crippen molar-refractivity contribution in [3.63, 3.8) is 0 Å². The van der Waals surface area contributed by atoms with Crippen LogP contribution in [0, 0.1) is 0 Å². The van der Waals surface area contributed by atoms with Crippen molar-refractivity contribution in [1.82, 2.24) is 15.2 Å². The summed E-state index contributed by atoms with van der Waals surface area (Å²) in [6.45, 7) is 7.21. The van der Waals surface area contributed by atoms with Crippen LogP contribution in [0.3, 0.4) is 0 Å². The molecule has 1 unspecified atom stereocenters. The van der Waals surface area contributed by atoms with Gasteiger partial charge in [0.2, 0.25) is 5.95 Å². The van der Waals surface area contributed by atoms with E-state index in [1.165, 1.54) is 0 Å². The number of hydrogen-bond acceptors (Lipinski definition) is 5. The van der Waals surface area contributed by atoms with Crippen molar-refractivity contribution in [1.29, 1.82) is 0 Å². The van der Waals surface area contributed by atoms with Gasteiger partial charge in [0.15, 0.2) is 5.82 Å². The summed E-state index contributed by atoms with van der Waals surface area (Å²) in [5.41, 5.74) is 0. The molecule has 0 aliphatic heterocycles. The van der Waals surface area contributed by atoms with Crippen LogP contribution in [0.5, 0.6) is 0 Å². The van der Waals surface area contributed by atoms with Gasteiger partial charge in [0, 0.05) is 12.6 Å². The van der Waals surface area contributed by atoms with Crippen LogP contribution in [-0.4, -0.2) is 27.8 Å². The third-order valence-corrected chi connectivity index (χ3v) is 2.10. The molecule has 5 nitrogen and oxygen atoms in total. The molecule has 1 atom stereocenters. The number of nitrogens with zero attached hydrogens (tertiary/aromatic N) is 3. The third-order valence-electron chi connectivity index (χ3n) is 2.10. The topological polar surface area (TPSA) is 62.7 Å². The van der Waals surface area contributed by atoms with Gasteiger partial charge in [-0.15, -0.1) is 5.10 Å². The maximum atomic E-state index is 4.30. The Kier molecular flexibility index (Phi) is 4.80. The van der Waals surface area contributed by atoms with E-state index in [9.17, 15) is 0 Å². The Morgan fingerprint density at radius 1 is 1.40 bits per heavy atom. The van der Waals surface area contributed by atoms with Gasteiger partial charge in [-0.3, -0.25) is 0 Å². The molecule has 0 spiro atoms. The zero-order valence-corrected chi connectivity index (χ0v) is 9.62. The van der Waals surface area contributed by atoms with Crippen molar-refractivity contribution >= 4 is 11.8 Å². The molecule has 0 saturated heterocycles. The van der Waals surface area contributed by atoms with Gasteiger partial charge in [-0.1, -0.05) is 13.8 Å². The molecular weight excluding hydrogens is 190 g/mol. The Balaban J connectivity index is 2.57. The molecule has 1 aromatic rings. The fraction of sp³-hybridized carbons (Fsp3) is 0.700. The SMILES string of the molecule is CCCNc1nncc(NC(C)CC)n1. The lowest BCUT2D eigenvalue weighted by Gasteiger charge is -2.11. The first-order valence-corrected chi connectivity index (χ1v) is 5.46. The van der Waals surface area contributed by atoms with E-state index < -0.39 is 0 Å². The van der Waals surface area contributed by atoms with Crippen LogP contribution in [0.4, 0.5) is 11.8 Å². The van der Waals surface area contributed by atoms with Gasteiger partial charge in [-0.25, -0.2) is 0 Å². The van der Waals surface area contributed by atoms with Crippen molar-refractivity contribution in [2.75, 3.05) is 17.2 Å². The molecule has 0 aliphatic rings. The average molecular weight is 209 g/mol. The quantitative estimate of drug-likeness (QED) is 0.749. The van der Waals surface area contributed by atoms with Gasteiger partial charge in [-0.2, -0.15) is 10.1 Å². The summed E-state index contributed by atoms with van der Waals surface area (Å²) in [4.78, 5) is 4.30. The second kappa shape index (κ2) is 6.16. The normalized spacial score (nSPS) is 12.2. The van der Waals surface area contributed by atoms with Gasteiger partial charge in [0.1, 0.15) is 0 Å². The highest BCUT2D eigenvalue weighted by atomic mass is 15.3. The van der Waals surface area contributed by atoms with Crippen molar-refractivity contribution < 1.29 is 0 Å². The van der Waals surface area contributed by atoms with E-state index in [0.717, 1.165) is 25.2 Å². The van der Waals surface area contributed by atoms with Crippen molar-refractivity contribution in [2.24, 2.45) is 0 Å². The Morgan fingerprint density at radius 3 is 2.87 bits per heavy atom. The predicted molar refractivity (Wildman–Crippen MR) is 62.0 cm³/mol. The molecule has 1 aromatic heterocycles. The molecule has 0 aromatic carbocycles. The lowest BCUT2D eigenvalue weighted by molar-refractivity contribution is 0.755. The first-order chi connectivity index (χ1) is 7.26. The largest absolute Gasteiger partial charge is 0.366 e. The Bertz CT molecular complexity index is 289. The van der Waals surface area contributed by atoms with Crippen molar-refractivity contribution in [3.05, 3.63) is 6.20 Å². The molecule has 0 bridgehead atoms. The van der Waals surface area contributed by atoms with Crippen molar-refractivity contribution in [3.8, 4) is 0 Å². The van der Waals surface area contributed by atoms with Gasteiger partial charge < -0.3 is 10.6 Å². The second-order valence-corrected chi connectivity index (χ2v) is 3.55. The number of anilines is 2. The van der Waals surface area contributed by atoms with Crippen LogP contribution >= 0.6 is 0 Å². The van der Waals surface area contributed by atoms with Crippen LogP contribution in [0.25, 0.3) is 0 Å². The Morgan fingerprint density at radius 2 is 2.20 bits per heavy atom. The minimum Gasteiger partial charge on any atom is -0.366 e. The van der Waals surface area contributed by atoms with E-state index >= 15 is 0 Å². The van der Waals surface area contributed by atoms with Gasteiger partial charge in [0.25, 0.3) is 0 Å². The molecule has 5 heteroatoms. The minimum absolute atomic E-state index is 0.403. The maximum absolute atomic E-state index is 4.30. The fourth-order valence-corrected chi connectivity index (χ4v) is 1.04. The molecule has 0 amide bonds. The lowest BCUT2D eigenvalue weighted by Crippen LogP contribution is -2.16. The number of rotatable bonds is 6. The van der Waals surface area contributed by atoms with E-state index in [4.69, 9.17) is 0 Å². The molecule has 2 N–H and O–H groups in total. The minimum atomic E-state index is 0.403. The summed E-state index contributed by atoms with van der Waals surface area (Å²) in [6, 6.07) is 0.403. The third kappa shape index (κ3) is 4.10. The van der Waals surface area contributed by atoms with Crippen LogP contribution in [0.1, 0.15) is 33.6 Å².